The highest BCUT2D eigenvalue weighted by Gasteiger charge is 2.15. The minimum atomic E-state index is -0.533. The number of fused-ring (bicyclic) bond motifs is 1. The highest BCUT2D eigenvalue weighted by atomic mass is 19.1. The van der Waals surface area contributed by atoms with Gasteiger partial charge >= 0.3 is 5.97 Å². The van der Waals surface area contributed by atoms with Crippen molar-refractivity contribution in [3.63, 3.8) is 0 Å². The van der Waals surface area contributed by atoms with Crippen LogP contribution in [-0.4, -0.2) is 13.1 Å². The number of methoxy groups -OCH3 is 1. The Morgan fingerprint density at radius 2 is 2.29 bits per heavy atom. The molecule has 72 valence electrons. The standard InChI is InChI=1S/C10H7FO3/c1-13-10(12)7-5-14-9-6(7)3-2-4-8(9)11/h2-5H,1H3. The smallest absolute Gasteiger partial charge is 0.341 e. The van der Waals surface area contributed by atoms with Gasteiger partial charge in [0.2, 0.25) is 0 Å². The Morgan fingerprint density at radius 3 is 3.00 bits per heavy atom. The van der Waals surface area contributed by atoms with Crippen LogP contribution in [0.1, 0.15) is 10.4 Å². The first-order chi connectivity index (χ1) is 6.74. The van der Waals surface area contributed by atoms with Gasteiger partial charge in [-0.05, 0) is 6.07 Å². The summed E-state index contributed by atoms with van der Waals surface area (Å²) < 4.78 is 22.6. The van der Waals surface area contributed by atoms with E-state index in [1.165, 1.54) is 25.5 Å². The van der Waals surface area contributed by atoms with Crippen molar-refractivity contribution in [2.75, 3.05) is 7.11 Å². The summed E-state index contributed by atoms with van der Waals surface area (Å²) in [6.45, 7) is 0. The first-order valence-corrected chi connectivity index (χ1v) is 3.98. The number of carbonyl (C=O) groups is 1. The van der Waals surface area contributed by atoms with Gasteiger partial charge in [-0.25, -0.2) is 9.18 Å². The summed E-state index contributed by atoms with van der Waals surface area (Å²) in [5, 5.41) is 0.428. The quantitative estimate of drug-likeness (QED) is 0.654. The van der Waals surface area contributed by atoms with Crippen LogP contribution in [0.4, 0.5) is 4.39 Å². The van der Waals surface area contributed by atoms with Crippen LogP contribution in [0.5, 0.6) is 0 Å². The van der Waals surface area contributed by atoms with Crippen LogP contribution in [0.3, 0.4) is 0 Å². The molecule has 1 aromatic heterocycles. The van der Waals surface area contributed by atoms with Gasteiger partial charge in [0.1, 0.15) is 11.8 Å². The van der Waals surface area contributed by atoms with Crippen LogP contribution in [0.2, 0.25) is 0 Å². The fourth-order valence-corrected chi connectivity index (χ4v) is 1.29. The number of benzene rings is 1. The predicted molar refractivity (Wildman–Crippen MR) is 47.5 cm³/mol. The van der Waals surface area contributed by atoms with Crippen LogP contribution >= 0.6 is 0 Å². The summed E-state index contributed by atoms with van der Waals surface area (Å²) >= 11 is 0. The van der Waals surface area contributed by atoms with Crippen LogP contribution in [0, 0.1) is 5.82 Å². The first-order valence-electron chi connectivity index (χ1n) is 3.98. The van der Waals surface area contributed by atoms with Crippen molar-refractivity contribution in [1.29, 1.82) is 0 Å². The molecule has 0 fully saturated rings. The van der Waals surface area contributed by atoms with E-state index < -0.39 is 11.8 Å². The third-order valence-corrected chi connectivity index (χ3v) is 1.96. The number of rotatable bonds is 1. The van der Waals surface area contributed by atoms with Gasteiger partial charge in [-0.3, -0.25) is 0 Å². The van der Waals surface area contributed by atoms with Crippen molar-refractivity contribution >= 4 is 16.9 Å². The molecule has 0 spiro atoms. The maximum Gasteiger partial charge on any atom is 0.341 e. The molecular formula is C10H7FO3. The summed E-state index contributed by atoms with van der Waals surface area (Å²) in [6, 6.07) is 4.39. The molecule has 0 aliphatic carbocycles. The lowest BCUT2D eigenvalue weighted by Gasteiger charge is -1.94. The van der Waals surface area contributed by atoms with Gasteiger partial charge in [-0.15, -0.1) is 0 Å². The molecule has 4 heteroatoms. The van der Waals surface area contributed by atoms with E-state index in [2.05, 4.69) is 4.74 Å². The molecule has 0 N–H and O–H groups in total. The van der Waals surface area contributed by atoms with E-state index in [9.17, 15) is 9.18 Å². The molecule has 0 unspecified atom stereocenters. The Labute approximate surface area is 79.1 Å². The summed E-state index contributed by atoms with van der Waals surface area (Å²) in [7, 11) is 1.26. The zero-order chi connectivity index (χ0) is 10.1. The Balaban J connectivity index is 2.70. The van der Waals surface area contributed by atoms with Crippen molar-refractivity contribution in [3.05, 3.63) is 35.8 Å². The number of hydrogen-bond donors (Lipinski definition) is 0. The van der Waals surface area contributed by atoms with Crippen molar-refractivity contribution in [3.8, 4) is 0 Å². The molecule has 2 rings (SSSR count). The first kappa shape index (κ1) is 8.74. The van der Waals surface area contributed by atoms with Gasteiger partial charge in [0.25, 0.3) is 0 Å². The molecule has 0 atom stereocenters. The molecule has 3 nitrogen and oxygen atoms in total. The van der Waals surface area contributed by atoms with Gasteiger partial charge in [-0.1, -0.05) is 12.1 Å². The minimum absolute atomic E-state index is 0.0768. The number of para-hydroxylation sites is 1. The lowest BCUT2D eigenvalue weighted by atomic mass is 10.2. The molecule has 1 heterocycles. The van der Waals surface area contributed by atoms with E-state index in [1.54, 1.807) is 6.07 Å². The van der Waals surface area contributed by atoms with Gasteiger partial charge in [0, 0.05) is 5.39 Å². The predicted octanol–water partition coefficient (Wildman–Crippen LogP) is 2.36. The molecule has 14 heavy (non-hydrogen) atoms. The maximum absolute atomic E-state index is 13.1. The normalized spacial score (nSPS) is 10.4. The van der Waals surface area contributed by atoms with E-state index in [0.717, 1.165) is 0 Å². The van der Waals surface area contributed by atoms with E-state index in [0.29, 0.717) is 5.39 Å². The molecule has 0 amide bonds. The van der Waals surface area contributed by atoms with E-state index >= 15 is 0 Å². The molecule has 0 aliphatic rings. The summed E-state index contributed by atoms with van der Waals surface area (Å²) in [5.41, 5.74) is 0.315. The maximum atomic E-state index is 13.1. The van der Waals surface area contributed by atoms with Crippen LogP contribution in [0.25, 0.3) is 11.0 Å². The van der Waals surface area contributed by atoms with Gasteiger partial charge in [-0.2, -0.15) is 0 Å². The number of hydrogen-bond acceptors (Lipinski definition) is 3. The monoisotopic (exact) mass is 194 g/mol. The molecule has 2 aromatic rings. The second-order valence-corrected chi connectivity index (χ2v) is 2.76. The molecular weight excluding hydrogens is 187 g/mol. The molecule has 0 saturated heterocycles. The second-order valence-electron chi connectivity index (χ2n) is 2.76. The Kier molecular flexibility index (Phi) is 1.96. The van der Waals surface area contributed by atoms with E-state index in [1.807, 2.05) is 0 Å². The van der Waals surface area contributed by atoms with Crippen LogP contribution in [-0.2, 0) is 4.74 Å². The SMILES string of the molecule is COC(=O)c1coc2c(F)cccc12. The van der Waals surface area contributed by atoms with Crippen molar-refractivity contribution in [1.82, 2.24) is 0 Å². The molecule has 1 aromatic carbocycles. The third kappa shape index (κ3) is 1.16. The number of esters is 1. The Hall–Kier alpha value is -1.84. The van der Waals surface area contributed by atoms with E-state index in [-0.39, 0.29) is 11.1 Å². The lowest BCUT2D eigenvalue weighted by Crippen LogP contribution is -1.99. The number of ether oxygens (including phenoxy) is 1. The Bertz CT molecular complexity index is 487. The minimum Gasteiger partial charge on any atom is -0.465 e. The third-order valence-electron chi connectivity index (χ3n) is 1.96. The highest BCUT2D eigenvalue weighted by Crippen LogP contribution is 2.23. The summed E-state index contributed by atoms with van der Waals surface area (Å²) in [5.74, 6) is -1.02. The number of halogens is 1. The topological polar surface area (TPSA) is 39.4 Å². The molecule has 0 bridgehead atoms. The zero-order valence-electron chi connectivity index (χ0n) is 7.41. The average molecular weight is 194 g/mol. The second kappa shape index (κ2) is 3.14. The number of furan rings is 1. The van der Waals surface area contributed by atoms with Gasteiger partial charge < -0.3 is 9.15 Å². The van der Waals surface area contributed by atoms with Crippen molar-refractivity contribution in [2.45, 2.75) is 0 Å². The van der Waals surface area contributed by atoms with Gasteiger partial charge in [0.05, 0.1) is 7.11 Å². The lowest BCUT2D eigenvalue weighted by molar-refractivity contribution is 0.0602. The molecule has 0 saturated carbocycles. The van der Waals surface area contributed by atoms with Crippen molar-refractivity contribution < 1.29 is 18.3 Å². The molecule has 0 aliphatic heterocycles. The van der Waals surface area contributed by atoms with Crippen LogP contribution in [0.15, 0.2) is 28.9 Å². The molecule has 0 radical (unpaired) electrons. The van der Waals surface area contributed by atoms with Crippen molar-refractivity contribution in [2.24, 2.45) is 0 Å². The fourth-order valence-electron chi connectivity index (χ4n) is 1.29. The number of carbonyl (C=O) groups excluding carboxylic acids is 1. The highest BCUT2D eigenvalue weighted by molar-refractivity contribution is 6.03. The van der Waals surface area contributed by atoms with Gasteiger partial charge in [0.15, 0.2) is 11.4 Å². The average Bonchev–Trinajstić information content (AvgIpc) is 2.62. The Morgan fingerprint density at radius 1 is 1.50 bits per heavy atom. The van der Waals surface area contributed by atoms with E-state index in [4.69, 9.17) is 4.42 Å². The van der Waals surface area contributed by atoms with Crippen LogP contribution < -0.4 is 0 Å². The summed E-state index contributed by atoms with van der Waals surface area (Å²) in [6.07, 6.45) is 1.19. The summed E-state index contributed by atoms with van der Waals surface area (Å²) in [4.78, 5) is 11.2. The zero-order valence-corrected chi connectivity index (χ0v) is 7.41. The fraction of sp³-hybridized carbons (Fsp3) is 0.100. The largest absolute Gasteiger partial charge is 0.465 e.